The largest absolute Gasteiger partial charge is 0.275 e. The van der Waals surface area contributed by atoms with Crippen molar-refractivity contribution in [2.75, 3.05) is 0 Å². The van der Waals surface area contributed by atoms with Gasteiger partial charge in [0.2, 0.25) is 0 Å². The predicted octanol–water partition coefficient (Wildman–Crippen LogP) is 1.34. The number of hydrogen-bond donors (Lipinski definition) is 1. The molecule has 0 atom stereocenters. The maximum Gasteiger partial charge on any atom is 0.274 e. The van der Waals surface area contributed by atoms with Crippen molar-refractivity contribution in [2.45, 2.75) is 0 Å². The van der Waals surface area contributed by atoms with Crippen molar-refractivity contribution < 1.29 is 4.79 Å². The number of rotatable bonds is 1. The summed E-state index contributed by atoms with van der Waals surface area (Å²) in [6.45, 7) is 0. The molecule has 12 heavy (non-hydrogen) atoms. The van der Waals surface area contributed by atoms with Crippen molar-refractivity contribution in [1.82, 2.24) is 15.2 Å². The molecule has 2 aromatic rings. The van der Waals surface area contributed by atoms with Crippen LogP contribution in [0.4, 0.5) is 0 Å². The van der Waals surface area contributed by atoms with Gasteiger partial charge in [0.15, 0.2) is 5.69 Å². The fourth-order valence-electron chi connectivity index (χ4n) is 0.990. The maximum absolute atomic E-state index is 10.8. The molecule has 0 bridgehead atoms. The Labute approximate surface area is 72.6 Å². The monoisotopic (exact) mass is 181 g/mol. The van der Waals surface area contributed by atoms with Crippen molar-refractivity contribution in [3.63, 3.8) is 0 Å². The van der Waals surface area contributed by atoms with Crippen LogP contribution in [0.15, 0.2) is 18.3 Å². The lowest BCUT2D eigenvalue weighted by molar-refractivity contribution is 0.107. The quantitative estimate of drug-likeness (QED) is 0.676. The molecule has 2 aromatic heterocycles. The second kappa shape index (κ2) is 2.57. The van der Waals surface area contributed by atoms with Crippen LogP contribution in [0, 0.1) is 0 Å². The van der Waals surface area contributed by atoms with Crippen LogP contribution in [0.5, 0.6) is 0 Å². The number of aromatic amines is 1. The third kappa shape index (κ3) is 0.967. The molecule has 0 saturated carbocycles. The van der Waals surface area contributed by atoms with Gasteiger partial charge in [-0.25, -0.2) is 0 Å². The van der Waals surface area contributed by atoms with Gasteiger partial charge in [0.25, 0.3) is 5.24 Å². The van der Waals surface area contributed by atoms with Gasteiger partial charge in [-0.2, -0.15) is 5.10 Å². The van der Waals surface area contributed by atoms with Gasteiger partial charge in [-0.15, -0.1) is 0 Å². The number of nitrogens with zero attached hydrogens (tertiary/aromatic N) is 2. The molecule has 0 aliphatic heterocycles. The molecule has 0 radical (unpaired) electrons. The molecule has 0 spiro atoms. The molecule has 2 heterocycles. The number of H-pyrrole nitrogens is 1. The average molecular weight is 182 g/mol. The lowest BCUT2D eigenvalue weighted by Gasteiger charge is -1.85. The summed E-state index contributed by atoms with van der Waals surface area (Å²) in [6, 6.07) is 3.53. The Morgan fingerprint density at radius 1 is 1.58 bits per heavy atom. The van der Waals surface area contributed by atoms with Crippen LogP contribution < -0.4 is 0 Å². The Bertz CT molecular complexity index is 437. The van der Waals surface area contributed by atoms with E-state index in [0.29, 0.717) is 11.0 Å². The summed E-state index contributed by atoms with van der Waals surface area (Å²) in [5.41, 5.74) is 1.39. The highest BCUT2D eigenvalue weighted by atomic mass is 35.5. The van der Waals surface area contributed by atoms with Crippen LogP contribution in [-0.2, 0) is 0 Å². The second-order valence-electron chi connectivity index (χ2n) is 2.25. The van der Waals surface area contributed by atoms with Crippen molar-refractivity contribution in [1.29, 1.82) is 0 Å². The van der Waals surface area contributed by atoms with Crippen molar-refractivity contribution in [2.24, 2.45) is 0 Å². The third-order valence-corrected chi connectivity index (χ3v) is 1.69. The number of carbonyl (C=O) groups is 1. The van der Waals surface area contributed by atoms with Crippen molar-refractivity contribution in [3.05, 3.63) is 24.0 Å². The number of aromatic nitrogens is 3. The standard InChI is InChI=1S/C7H4ClN3O/c8-7(12)6-5-4(10-11-6)2-1-3-9-5/h1-3H,(H,10,11). The van der Waals surface area contributed by atoms with E-state index < -0.39 is 5.24 Å². The Morgan fingerprint density at radius 2 is 2.42 bits per heavy atom. The first-order valence-electron chi connectivity index (χ1n) is 3.28. The van der Waals surface area contributed by atoms with Gasteiger partial charge >= 0.3 is 0 Å². The Morgan fingerprint density at radius 3 is 3.17 bits per heavy atom. The highest BCUT2D eigenvalue weighted by Crippen LogP contribution is 2.13. The lowest BCUT2D eigenvalue weighted by atomic mass is 10.3. The molecule has 0 aromatic carbocycles. The fraction of sp³-hybridized carbons (Fsp3) is 0. The van der Waals surface area contributed by atoms with E-state index in [4.69, 9.17) is 11.6 Å². The molecule has 2 rings (SSSR count). The first kappa shape index (κ1) is 7.24. The van der Waals surface area contributed by atoms with Crippen LogP contribution in [0.1, 0.15) is 10.5 Å². The van der Waals surface area contributed by atoms with Gasteiger partial charge in [-0.05, 0) is 23.7 Å². The van der Waals surface area contributed by atoms with E-state index in [1.807, 2.05) is 0 Å². The molecule has 0 amide bonds. The zero-order chi connectivity index (χ0) is 8.55. The van der Waals surface area contributed by atoms with Gasteiger partial charge in [-0.3, -0.25) is 14.9 Å². The van der Waals surface area contributed by atoms with E-state index >= 15 is 0 Å². The van der Waals surface area contributed by atoms with E-state index in [0.717, 1.165) is 0 Å². The predicted molar refractivity (Wildman–Crippen MR) is 44.1 cm³/mol. The summed E-state index contributed by atoms with van der Waals surface area (Å²) in [5, 5.41) is 5.78. The van der Waals surface area contributed by atoms with Gasteiger partial charge in [-0.1, -0.05) is 0 Å². The summed E-state index contributed by atoms with van der Waals surface area (Å²) in [5.74, 6) is 0. The average Bonchev–Trinajstić information content (AvgIpc) is 2.47. The SMILES string of the molecule is O=C(Cl)c1n[nH]c2cccnc12. The summed E-state index contributed by atoms with van der Waals surface area (Å²) < 4.78 is 0. The third-order valence-electron chi connectivity index (χ3n) is 1.51. The summed E-state index contributed by atoms with van der Waals surface area (Å²) in [7, 11) is 0. The van der Waals surface area contributed by atoms with Crippen LogP contribution in [0.25, 0.3) is 11.0 Å². The summed E-state index contributed by atoms with van der Waals surface area (Å²) >= 11 is 5.26. The normalized spacial score (nSPS) is 10.4. The first-order chi connectivity index (χ1) is 5.79. The van der Waals surface area contributed by atoms with Crippen molar-refractivity contribution >= 4 is 27.9 Å². The highest BCUT2D eigenvalue weighted by Gasteiger charge is 2.11. The summed E-state index contributed by atoms with van der Waals surface area (Å²) in [6.07, 6.45) is 1.58. The number of pyridine rings is 1. The molecule has 0 unspecified atom stereocenters. The number of halogens is 1. The number of fused-ring (bicyclic) bond motifs is 1. The minimum absolute atomic E-state index is 0.173. The van der Waals surface area contributed by atoms with E-state index in [-0.39, 0.29) is 5.69 Å². The zero-order valence-corrected chi connectivity index (χ0v) is 6.67. The van der Waals surface area contributed by atoms with Gasteiger partial charge in [0.1, 0.15) is 5.52 Å². The molecule has 0 saturated heterocycles. The van der Waals surface area contributed by atoms with Gasteiger partial charge in [0.05, 0.1) is 5.52 Å². The number of carbonyl (C=O) groups excluding carboxylic acids is 1. The highest BCUT2D eigenvalue weighted by molar-refractivity contribution is 6.68. The van der Waals surface area contributed by atoms with Crippen LogP contribution in [-0.4, -0.2) is 20.4 Å². The Hall–Kier alpha value is -1.42. The zero-order valence-electron chi connectivity index (χ0n) is 5.91. The van der Waals surface area contributed by atoms with E-state index in [2.05, 4.69) is 15.2 Å². The Kier molecular flexibility index (Phi) is 1.55. The lowest BCUT2D eigenvalue weighted by Crippen LogP contribution is -1.90. The topological polar surface area (TPSA) is 58.6 Å². The first-order valence-corrected chi connectivity index (χ1v) is 3.66. The second-order valence-corrected chi connectivity index (χ2v) is 2.59. The molecule has 0 aliphatic carbocycles. The molecule has 1 N–H and O–H groups in total. The van der Waals surface area contributed by atoms with E-state index in [1.54, 1.807) is 18.3 Å². The molecular formula is C7H4ClN3O. The number of hydrogen-bond acceptors (Lipinski definition) is 3. The smallest absolute Gasteiger partial charge is 0.274 e. The molecule has 60 valence electrons. The molecule has 4 nitrogen and oxygen atoms in total. The van der Waals surface area contributed by atoms with E-state index in [1.165, 1.54) is 0 Å². The van der Waals surface area contributed by atoms with Crippen LogP contribution in [0.2, 0.25) is 0 Å². The molecular weight excluding hydrogens is 178 g/mol. The molecule has 0 fully saturated rings. The molecule has 5 heteroatoms. The van der Waals surface area contributed by atoms with Gasteiger partial charge in [0, 0.05) is 6.20 Å². The minimum Gasteiger partial charge on any atom is -0.275 e. The minimum atomic E-state index is -0.597. The van der Waals surface area contributed by atoms with E-state index in [9.17, 15) is 4.79 Å². The number of nitrogens with one attached hydrogen (secondary N) is 1. The van der Waals surface area contributed by atoms with Crippen molar-refractivity contribution in [3.8, 4) is 0 Å². The van der Waals surface area contributed by atoms with Crippen LogP contribution in [0.3, 0.4) is 0 Å². The van der Waals surface area contributed by atoms with Gasteiger partial charge < -0.3 is 0 Å². The Balaban J connectivity index is 2.79. The summed E-state index contributed by atoms with van der Waals surface area (Å²) in [4.78, 5) is 14.7. The maximum atomic E-state index is 10.8. The fourth-order valence-corrected chi connectivity index (χ4v) is 1.12. The molecule has 0 aliphatic rings. The van der Waals surface area contributed by atoms with Crippen LogP contribution >= 0.6 is 11.6 Å².